The van der Waals surface area contributed by atoms with Gasteiger partial charge >= 0.3 is 6.09 Å². The van der Waals surface area contributed by atoms with Crippen molar-refractivity contribution < 1.29 is 13.9 Å². The first-order valence-electron chi connectivity index (χ1n) is 10.0. The molecule has 7 nitrogen and oxygen atoms in total. The van der Waals surface area contributed by atoms with Gasteiger partial charge in [0.1, 0.15) is 23.8 Å². The second-order valence-corrected chi connectivity index (χ2v) is 8.48. The molecule has 0 unspecified atom stereocenters. The number of pyridine rings is 1. The molecule has 1 aromatic heterocycles. The number of anilines is 1. The average molecular weight is 421 g/mol. The Morgan fingerprint density at radius 3 is 2.48 bits per heavy atom. The van der Waals surface area contributed by atoms with E-state index in [0.29, 0.717) is 48.6 Å². The van der Waals surface area contributed by atoms with E-state index in [0.717, 1.165) is 0 Å². The summed E-state index contributed by atoms with van der Waals surface area (Å²) in [6.07, 6.45) is 0.652. The highest BCUT2D eigenvalue weighted by molar-refractivity contribution is 5.68. The maximum atomic E-state index is 14.1. The van der Waals surface area contributed by atoms with E-state index in [1.54, 1.807) is 24.3 Å². The van der Waals surface area contributed by atoms with Crippen LogP contribution < -0.4 is 10.2 Å². The van der Waals surface area contributed by atoms with Gasteiger partial charge in [-0.2, -0.15) is 10.5 Å². The van der Waals surface area contributed by atoms with Crippen LogP contribution in [0.3, 0.4) is 0 Å². The smallest absolute Gasteiger partial charge is 0.407 e. The third-order valence-corrected chi connectivity index (χ3v) is 4.84. The van der Waals surface area contributed by atoms with Gasteiger partial charge in [-0.25, -0.2) is 14.2 Å². The van der Waals surface area contributed by atoms with Gasteiger partial charge < -0.3 is 15.0 Å². The Kier molecular flexibility index (Phi) is 6.41. The minimum Gasteiger partial charge on any atom is -0.446 e. The summed E-state index contributed by atoms with van der Waals surface area (Å²) in [4.78, 5) is 18.6. The highest BCUT2D eigenvalue weighted by Crippen LogP contribution is 2.27. The Bertz CT molecular complexity index is 1060. The van der Waals surface area contributed by atoms with Gasteiger partial charge in [0, 0.05) is 37.0 Å². The largest absolute Gasteiger partial charge is 0.446 e. The Morgan fingerprint density at radius 1 is 1.19 bits per heavy atom. The number of piperidine rings is 1. The fraction of sp³-hybridized carbons (Fsp3) is 0.391. The van der Waals surface area contributed by atoms with Gasteiger partial charge in [0.2, 0.25) is 0 Å². The number of aromatic nitrogens is 1. The summed E-state index contributed by atoms with van der Waals surface area (Å²) in [6.45, 7) is 6.89. The van der Waals surface area contributed by atoms with Gasteiger partial charge in [0.25, 0.3) is 0 Å². The molecular weight excluding hydrogens is 397 g/mol. The first-order chi connectivity index (χ1) is 14.7. The lowest BCUT2D eigenvalue weighted by molar-refractivity contribution is 0.0776. The number of carbonyl (C=O) groups excluding carboxylic acids is 1. The van der Waals surface area contributed by atoms with Gasteiger partial charge in [-0.1, -0.05) is 6.07 Å². The highest BCUT2D eigenvalue weighted by Gasteiger charge is 2.25. The van der Waals surface area contributed by atoms with Crippen molar-refractivity contribution in [3.8, 4) is 23.4 Å². The number of alkyl carbamates (subject to hydrolysis) is 1. The van der Waals surface area contributed by atoms with E-state index in [1.807, 2.05) is 25.7 Å². The van der Waals surface area contributed by atoms with Crippen molar-refractivity contribution in [1.82, 2.24) is 10.3 Å². The van der Waals surface area contributed by atoms with Crippen molar-refractivity contribution in [2.45, 2.75) is 45.3 Å². The van der Waals surface area contributed by atoms with E-state index in [9.17, 15) is 14.4 Å². The zero-order valence-electron chi connectivity index (χ0n) is 17.8. The molecule has 2 aromatic rings. The first-order valence-corrected chi connectivity index (χ1v) is 10.0. The highest BCUT2D eigenvalue weighted by atomic mass is 19.1. The van der Waals surface area contributed by atoms with Gasteiger partial charge in [-0.05, 0) is 45.0 Å². The number of nitriles is 2. The number of ether oxygens (including phenoxy) is 1. The van der Waals surface area contributed by atoms with Crippen LogP contribution in [-0.2, 0) is 4.74 Å². The van der Waals surface area contributed by atoms with Crippen molar-refractivity contribution in [2.24, 2.45) is 0 Å². The van der Waals surface area contributed by atoms with Crippen LogP contribution >= 0.6 is 0 Å². The second kappa shape index (κ2) is 9.01. The van der Waals surface area contributed by atoms with E-state index in [1.165, 1.54) is 12.1 Å². The van der Waals surface area contributed by atoms with E-state index >= 15 is 0 Å². The molecule has 1 N–H and O–H groups in total. The van der Waals surface area contributed by atoms with Crippen molar-refractivity contribution in [3.63, 3.8) is 0 Å². The summed E-state index contributed by atoms with van der Waals surface area (Å²) in [6, 6.07) is 11.5. The molecule has 1 saturated heterocycles. The molecular formula is C23H24FN5O2. The lowest BCUT2D eigenvalue weighted by Crippen LogP contribution is -2.44. The van der Waals surface area contributed by atoms with Crippen LogP contribution in [0, 0.1) is 28.5 Å². The summed E-state index contributed by atoms with van der Waals surface area (Å²) >= 11 is 0. The zero-order valence-corrected chi connectivity index (χ0v) is 17.8. The number of benzene rings is 1. The number of halogens is 1. The number of rotatable bonds is 3. The van der Waals surface area contributed by atoms with Crippen molar-refractivity contribution in [1.29, 1.82) is 10.5 Å². The topological polar surface area (TPSA) is 102 Å². The Hall–Kier alpha value is -3.65. The fourth-order valence-corrected chi connectivity index (χ4v) is 3.35. The summed E-state index contributed by atoms with van der Waals surface area (Å²) in [7, 11) is 0. The quantitative estimate of drug-likeness (QED) is 0.800. The molecule has 2 heterocycles. The van der Waals surface area contributed by atoms with Gasteiger partial charge in [-0.3, -0.25) is 0 Å². The molecule has 8 heteroatoms. The second-order valence-electron chi connectivity index (χ2n) is 8.48. The van der Waals surface area contributed by atoms with Crippen molar-refractivity contribution in [2.75, 3.05) is 18.0 Å². The molecule has 0 bridgehead atoms. The Labute approximate surface area is 181 Å². The van der Waals surface area contributed by atoms with Crippen LogP contribution in [0.1, 0.15) is 44.7 Å². The van der Waals surface area contributed by atoms with Crippen LogP contribution in [-0.4, -0.2) is 35.8 Å². The van der Waals surface area contributed by atoms with Crippen LogP contribution in [0.25, 0.3) is 11.3 Å². The predicted molar refractivity (Wildman–Crippen MR) is 114 cm³/mol. The van der Waals surface area contributed by atoms with Gasteiger partial charge in [0.05, 0.1) is 22.9 Å². The van der Waals surface area contributed by atoms with Crippen LogP contribution in [0.15, 0.2) is 30.3 Å². The number of amides is 1. The van der Waals surface area contributed by atoms with Crippen LogP contribution in [0.2, 0.25) is 0 Å². The third-order valence-electron chi connectivity index (χ3n) is 4.84. The molecule has 3 rings (SSSR count). The normalized spacial score (nSPS) is 14.5. The van der Waals surface area contributed by atoms with Gasteiger partial charge in [0.15, 0.2) is 0 Å². The zero-order chi connectivity index (χ0) is 22.6. The van der Waals surface area contributed by atoms with E-state index in [4.69, 9.17) is 10.00 Å². The molecule has 31 heavy (non-hydrogen) atoms. The third kappa shape index (κ3) is 5.70. The molecule has 1 aliphatic rings. The molecule has 0 saturated carbocycles. The summed E-state index contributed by atoms with van der Waals surface area (Å²) < 4.78 is 19.6. The average Bonchev–Trinajstić information content (AvgIpc) is 2.72. The minimum absolute atomic E-state index is 0.0435. The Morgan fingerprint density at radius 2 is 1.90 bits per heavy atom. The van der Waals surface area contributed by atoms with Crippen LogP contribution in [0.5, 0.6) is 0 Å². The predicted octanol–water partition coefficient (Wildman–Crippen LogP) is 4.12. The lowest BCUT2D eigenvalue weighted by Gasteiger charge is -2.33. The molecule has 1 aliphatic heterocycles. The van der Waals surface area contributed by atoms with E-state index in [2.05, 4.69) is 16.4 Å². The maximum Gasteiger partial charge on any atom is 0.407 e. The number of hydrogen-bond donors (Lipinski definition) is 1. The van der Waals surface area contributed by atoms with Gasteiger partial charge in [-0.15, -0.1) is 0 Å². The summed E-state index contributed by atoms with van der Waals surface area (Å²) in [5, 5.41) is 21.1. The molecule has 0 atom stereocenters. The monoisotopic (exact) mass is 421 g/mol. The van der Waals surface area contributed by atoms with Crippen molar-refractivity contribution >= 4 is 11.9 Å². The standard InChI is InChI=1S/C23H24FN5O2/c1-23(2,3)28-22(30)31-18-6-8-29(9-7-18)21-11-15(13-25)10-20(27-21)16-4-5-17(14-26)19(24)12-16/h4-5,10-12,18H,6-9H2,1-3H3,(H,28,30). The van der Waals surface area contributed by atoms with E-state index in [-0.39, 0.29) is 17.2 Å². The molecule has 0 radical (unpaired) electrons. The van der Waals surface area contributed by atoms with Crippen LogP contribution in [0.4, 0.5) is 15.0 Å². The summed E-state index contributed by atoms with van der Waals surface area (Å²) in [5.74, 6) is -0.0198. The molecule has 160 valence electrons. The molecule has 1 fully saturated rings. The number of hydrogen-bond acceptors (Lipinski definition) is 6. The first kappa shape index (κ1) is 22.0. The van der Waals surface area contributed by atoms with E-state index < -0.39 is 11.9 Å². The Balaban J connectivity index is 1.73. The molecule has 0 spiro atoms. The summed E-state index contributed by atoms with van der Waals surface area (Å²) in [5.41, 5.74) is 0.957. The molecule has 1 aromatic carbocycles. The number of nitrogens with one attached hydrogen (secondary N) is 1. The number of carbonyl (C=O) groups is 1. The SMILES string of the molecule is CC(C)(C)NC(=O)OC1CCN(c2cc(C#N)cc(-c3ccc(C#N)c(F)c3)n2)CC1. The molecule has 1 amide bonds. The number of nitrogens with zero attached hydrogens (tertiary/aromatic N) is 4. The maximum absolute atomic E-state index is 14.1. The fourth-order valence-electron chi connectivity index (χ4n) is 3.35. The lowest BCUT2D eigenvalue weighted by atomic mass is 10.1. The van der Waals surface area contributed by atoms with Crippen molar-refractivity contribution in [3.05, 3.63) is 47.3 Å². The molecule has 0 aliphatic carbocycles. The minimum atomic E-state index is -0.628.